The number of nitrogens with zero attached hydrogens (tertiary/aromatic N) is 1. The zero-order valence-corrected chi connectivity index (χ0v) is 15.7. The van der Waals surface area contributed by atoms with E-state index in [1.165, 1.54) is 7.05 Å². The van der Waals surface area contributed by atoms with E-state index in [4.69, 9.17) is 0 Å². The van der Waals surface area contributed by atoms with E-state index in [1.807, 2.05) is 0 Å². The summed E-state index contributed by atoms with van der Waals surface area (Å²) in [5.41, 5.74) is 0. The zero-order valence-electron chi connectivity index (χ0n) is 15.7. The van der Waals surface area contributed by atoms with Gasteiger partial charge in [0.25, 0.3) is 0 Å². The van der Waals surface area contributed by atoms with Crippen molar-refractivity contribution in [2.45, 2.75) is 97.8 Å². The first-order valence-corrected chi connectivity index (χ1v) is 9.41. The summed E-state index contributed by atoms with van der Waals surface area (Å²) >= 11 is 0. The van der Waals surface area contributed by atoms with Crippen LogP contribution in [0.1, 0.15) is 97.8 Å². The molecule has 4 nitrogen and oxygen atoms in total. The minimum Gasteiger partial charge on any atom is -0.230 e. The summed E-state index contributed by atoms with van der Waals surface area (Å²) in [5.74, 6) is -0.663. The second-order valence-corrected chi connectivity index (χ2v) is 6.56. The molecule has 4 heteroatoms. The maximum atomic E-state index is 12.6. The van der Waals surface area contributed by atoms with Gasteiger partial charge < -0.3 is 0 Å². The van der Waals surface area contributed by atoms with Gasteiger partial charge in [-0.05, 0) is 19.3 Å². The fraction of sp³-hybridized carbons (Fsp3) is 0.842. The molecule has 0 aliphatic carbocycles. The Kier molecular flexibility index (Phi) is 11.8. The third-order valence-electron chi connectivity index (χ3n) is 4.48. The van der Waals surface area contributed by atoms with E-state index < -0.39 is 4.48 Å². The molecule has 0 atom stereocenters. The summed E-state index contributed by atoms with van der Waals surface area (Å²) in [7, 11) is 1.52. The van der Waals surface area contributed by atoms with Crippen molar-refractivity contribution in [2.24, 2.45) is 0 Å². The molecule has 0 aromatic carbocycles. The smallest absolute Gasteiger partial charge is 0.230 e. The predicted molar refractivity (Wildman–Crippen MR) is 93.6 cm³/mol. The van der Waals surface area contributed by atoms with Crippen molar-refractivity contribution in [3.63, 3.8) is 0 Å². The maximum Gasteiger partial charge on any atom is 0.328 e. The molecule has 0 saturated carbocycles. The van der Waals surface area contributed by atoms with Crippen LogP contribution in [0.2, 0.25) is 0 Å². The van der Waals surface area contributed by atoms with Gasteiger partial charge in [0.15, 0.2) is 0 Å². The molecule has 0 radical (unpaired) electrons. The first-order valence-electron chi connectivity index (χ1n) is 9.41. The Bertz CT molecular complexity index is 322. The van der Waals surface area contributed by atoms with E-state index >= 15 is 0 Å². The Morgan fingerprint density at radius 1 is 0.565 bits per heavy atom. The second kappa shape index (κ2) is 12.4. The molecule has 0 saturated heterocycles. The van der Waals surface area contributed by atoms with Crippen molar-refractivity contribution in [3.8, 4) is 0 Å². The highest BCUT2D eigenvalue weighted by molar-refractivity contribution is 5.97. The van der Waals surface area contributed by atoms with Gasteiger partial charge in [-0.25, -0.2) is 14.4 Å². The van der Waals surface area contributed by atoms with E-state index in [9.17, 15) is 14.4 Å². The highest BCUT2D eigenvalue weighted by atomic mass is 16.2. The Morgan fingerprint density at radius 3 is 1.04 bits per heavy atom. The van der Waals surface area contributed by atoms with Gasteiger partial charge in [-0.3, -0.25) is 0 Å². The van der Waals surface area contributed by atoms with E-state index in [1.54, 1.807) is 0 Å². The van der Waals surface area contributed by atoms with Crippen LogP contribution >= 0.6 is 0 Å². The summed E-state index contributed by atoms with van der Waals surface area (Å²) in [5, 5.41) is 0. The van der Waals surface area contributed by atoms with Crippen LogP contribution in [0.25, 0.3) is 0 Å². The molecule has 0 aliphatic heterocycles. The van der Waals surface area contributed by atoms with Crippen molar-refractivity contribution in [2.75, 3.05) is 7.05 Å². The topological polar surface area (TPSA) is 51.2 Å². The lowest BCUT2D eigenvalue weighted by molar-refractivity contribution is -0.681. The average molecular weight is 327 g/mol. The minimum absolute atomic E-state index is 0.221. The highest BCUT2D eigenvalue weighted by Gasteiger charge is 2.45. The highest BCUT2D eigenvalue weighted by Crippen LogP contribution is 2.18. The fourth-order valence-corrected chi connectivity index (χ4v) is 2.67. The number of rotatable bonds is 12. The molecule has 0 N–H and O–H groups in total. The molecule has 0 rings (SSSR count). The van der Waals surface area contributed by atoms with Crippen LogP contribution in [0.15, 0.2) is 0 Å². The van der Waals surface area contributed by atoms with Gasteiger partial charge in [-0.15, -0.1) is 4.48 Å². The Morgan fingerprint density at radius 2 is 0.826 bits per heavy atom. The number of unbranched alkanes of at least 4 members (excludes halogenated alkanes) is 6. The first-order chi connectivity index (χ1) is 10.9. The second-order valence-electron chi connectivity index (χ2n) is 6.56. The number of carbonyl (C=O) groups excluding carboxylic acids is 3. The largest absolute Gasteiger partial charge is 0.328 e. The monoisotopic (exact) mass is 326 g/mol. The summed E-state index contributed by atoms with van der Waals surface area (Å²) in [6.45, 7) is 6.22. The fourth-order valence-electron chi connectivity index (χ4n) is 2.67. The van der Waals surface area contributed by atoms with Gasteiger partial charge in [-0.2, -0.15) is 0 Å². The van der Waals surface area contributed by atoms with Crippen molar-refractivity contribution in [1.82, 2.24) is 0 Å². The average Bonchev–Trinajstić information content (AvgIpc) is 2.54. The molecule has 0 aromatic rings. The Labute approximate surface area is 142 Å². The van der Waals surface area contributed by atoms with E-state index in [-0.39, 0.29) is 17.7 Å². The number of quaternary nitrogens is 1. The van der Waals surface area contributed by atoms with Crippen molar-refractivity contribution in [3.05, 3.63) is 0 Å². The normalized spacial score (nSPS) is 11.5. The van der Waals surface area contributed by atoms with Gasteiger partial charge >= 0.3 is 17.7 Å². The molecule has 0 unspecified atom stereocenters. The standard InChI is InChI=1S/C19H36NO3/c1-5-8-11-14-17(21)20(4,18(22)15-12-9-6-2)19(23)16-13-10-7-3/h5-16H2,1-4H3/q+1. The third kappa shape index (κ3) is 7.38. The van der Waals surface area contributed by atoms with Crippen molar-refractivity contribution >= 4 is 17.7 Å². The lowest BCUT2D eigenvalue weighted by Crippen LogP contribution is -2.57. The number of amides is 3. The Balaban J connectivity index is 4.97. The zero-order chi connectivity index (χ0) is 17.7. The van der Waals surface area contributed by atoms with Gasteiger partial charge in [0.2, 0.25) is 0 Å². The molecular weight excluding hydrogens is 290 g/mol. The van der Waals surface area contributed by atoms with Crippen LogP contribution in [-0.2, 0) is 14.4 Å². The number of imide groups is 3. The Hall–Kier alpha value is -1.03. The minimum atomic E-state index is -0.614. The molecule has 134 valence electrons. The van der Waals surface area contributed by atoms with Gasteiger partial charge in [-0.1, -0.05) is 59.3 Å². The lowest BCUT2D eigenvalue weighted by Gasteiger charge is -2.26. The molecule has 0 spiro atoms. The summed E-state index contributed by atoms with van der Waals surface area (Å²) < 4.78 is -0.614. The number of hydrogen-bond donors (Lipinski definition) is 0. The van der Waals surface area contributed by atoms with Gasteiger partial charge in [0.05, 0.1) is 26.3 Å². The molecule has 0 aliphatic rings. The van der Waals surface area contributed by atoms with Crippen molar-refractivity contribution < 1.29 is 18.9 Å². The first kappa shape index (κ1) is 22.0. The summed E-state index contributed by atoms with van der Waals surface area (Å²) in [6, 6.07) is 0. The van der Waals surface area contributed by atoms with Crippen LogP contribution in [0.3, 0.4) is 0 Å². The number of carbonyl (C=O) groups is 3. The van der Waals surface area contributed by atoms with E-state index in [0.29, 0.717) is 19.3 Å². The van der Waals surface area contributed by atoms with E-state index in [2.05, 4.69) is 20.8 Å². The number of hydrogen-bond acceptors (Lipinski definition) is 3. The van der Waals surface area contributed by atoms with Crippen LogP contribution in [-0.4, -0.2) is 29.3 Å². The SMILES string of the molecule is CCCCCC(=O)[N+](C)(C(=O)CCCCC)C(=O)CCCCC. The maximum absolute atomic E-state index is 12.6. The van der Waals surface area contributed by atoms with Gasteiger partial charge in [0.1, 0.15) is 0 Å². The quantitative estimate of drug-likeness (QED) is 0.384. The molecule has 0 fully saturated rings. The molecule has 23 heavy (non-hydrogen) atoms. The van der Waals surface area contributed by atoms with Crippen LogP contribution < -0.4 is 0 Å². The summed E-state index contributed by atoms with van der Waals surface area (Å²) in [6.07, 6.45) is 9.17. The van der Waals surface area contributed by atoms with Gasteiger partial charge in [0, 0.05) is 0 Å². The van der Waals surface area contributed by atoms with Crippen LogP contribution in [0.5, 0.6) is 0 Å². The van der Waals surface area contributed by atoms with Crippen LogP contribution in [0.4, 0.5) is 0 Å². The third-order valence-corrected chi connectivity index (χ3v) is 4.48. The van der Waals surface area contributed by atoms with Crippen LogP contribution in [0, 0.1) is 0 Å². The lowest BCUT2D eigenvalue weighted by atomic mass is 10.1. The molecule has 0 heterocycles. The molecule has 0 aromatic heterocycles. The summed E-state index contributed by atoms with van der Waals surface area (Å²) in [4.78, 5) is 37.9. The van der Waals surface area contributed by atoms with Crippen molar-refractivity contribution in [1.29, 1.82) is 0 Å². The molecule has 0 bridgehead atoms. The molecule has 3 amide bonds. The van der Waals surface area contributed by atoms with E-state index in [0.717, 1.165) is 57.8 Å². The molecular formula is C19H36NO3+. The predicted octanol–water partition coefficient (Wildman–Crippen LogP) is 4.75.